The van der Waals surface area contributed by atoms with Crippen molar-refractivity contribution in [1.82, 2.24) is 14.9 Å². The van der Waals surface area contributed by atoms with Crippen LogP contribution in [0.25, 0.3) is 10.9 Å². The molecule has 3 N–H and O–H groups in total. The number of rotatable bonds is 5. The van der Waals surface area contributed by atoms with Gasteiger partial charge in [-0.25, -0.2) is 9.59 Å². The van der Waals surface area contributed by atoms with Crippen LogP contribution in [0.15, 0.2) is 96.4 Å². The van der Waals surface area contributed by atoms with Crippen LogP contribution in [0.4, 0.5) is 0 Å². The van der Waals surface area contributed by atoms with Crippen molar-refractivity contribution in [3.05, 3.63) is 108 Å². The summed E-state index contributed by atoms with van der Waals surface area (Å²) in [6.07, 6.45) is 5.36. The molecule has 0 amide bonds. The van der Waals surface area contributed by atoms with E-state index < -0.39 is 11.9 Å². The van der Waals surface area contributed by atoms with Crippen LogP contribution in [-0.2, 0) is 16.2 Å². The van der Waals surface area contributed by atoms with Gasteiger partial charge in [0.15, 0.2) is 0 Å². The minimum atomic E-state index is -1.82. The summed E-state index contributed by atoms with van der Waals surface area (Å²) in [4.78, 5) is 35.4. The Morgan fingerprint density at radius 2 is 1.78 bits per heavy atom. The normalized spacial score (nSPS) is 14.2. The fourth-order valence-corrected chi connectivity index (χ4v) is 4.34. The van der Waals surface area contributed by atoms with Gasteiger partial charge < -0.3 is 20.3 Å². The van der Waals surface area contributed by atoms with Gasteiger partial charge in [0.1, 0.15) is 23.4 Å². The minimum Gasteiger partial charge on any atom is -0.489 e. The summed E-state index contributed by atoms with van der Waals surface area (Å²) in [5.74, 6) is -2.95. The van der Waals surface area contributed by atoms with Crippen LogP contribution >= 0.6 is 11.8 Å². The number of thioether (sulfide) groups is 1. The molecular weight excluding hydrogens is 482 g/mol. The van der Waals surface area contributed by atoms with Gasteiger partial charge in [-0.3, -0.25) is 14.3 Å². The molecule has 4 aromatic rings. The molecule has 2 aromatic heterocycles. The molecule has 0 radical (unpaired) electrons. The van der Waals surface area contributed by atoms with Gasteiger partial charge in [-0.15, -0.1) is 11.8 Å². The second-order valence-corrected chi connectivity index (χ2v) is 8.55. The second-order valence-electron chi connectivity index (χ2n) is 7.57. The Kier molecular flexibility index (Phi) is 7.66. The molecule has 10 heteroatoms. The van der Waals surface area contributed by atoms with Gasteiger partial charge >= 0.3 is 11.9 Å². The number of nitrogens with zero attached hydrogens (tertiary/aromatic N) is 2. The molecule has 0 aliphatic carbocycles. The molecule has 0 bridgehead atoms. The van der Waals surface area contributed by atoms with E-state index in [2.05, 4.69) is 10.3 Å². The number of ether oxygens (including phenoxy) is 1. The van der Waals surface area contributed by atoms with Crippen molar-refractivity contribution in [2.24, 2.45) is 0 Å². The fourth-order valence-electron chi connectivity index (χ4n) is 3.41. The lowest BCUT2D eigenvalue weighted by molar-refractivity contribution is -0.159. The fraction of sp³-hybridized carbons (Fsp3) is 0.0769. The number of carboxylic acids is 2. The molecule has 1 unspecified atom stereocenters. The van der Waals surface area contributed by atoms with Crippen molar-refractivity contribution in [3.8, 4) is 5.75 Å². The van der Waals surface area contributed by atoms with Gasteiger partial charge in [0.05, 0.1) is 5.52 Å². The molecular formula is C26H21N3O6S. The Labute approximate surface area is 210 Å². The van der Waals surface area contributed by atoms with Crippen molar-refractivity contribution in [2.45, 2.75) is 12.0 Å². The van der Waals surface area contributed by atoms with Crippen molar-refractivity contribution in [2.75, 3.05) is 0 Å². The van der Waals surface area contributed by atoms with Crippen LogP contribution in [0, 0.1) is 0 Å². The first-order valence-corrected chi connectivity index (χ1v) is 11.7. The first kappa shape index (κ1) is 24.6. The number of carbonyl (C=O) groups is 3. The van der Waals surface area contributed by atoms with E-state index >= 15 is 0 Å². The molecule has 0 saturated carbocycles. The number of allylic oxidation sites excluding steroid dienone is 1. The highest BCUT2D eigenvalue weighted by Crippen LogP contribution is 2.34. The second kappa shape index (κ2) is 11.2. The zero-order valence-corrected chi connectivity index (χ0v) is 19.6. The van der Waals surface area contributed by atoms with Crippen LogP contribution in [-0.4, -0.2) is 37.6 Å². The number of fused-ring (bicyclic) bond motifs is 1. The SMILES string of the molecule is O=C(C1=CSC(c2cccnc2)N1)n1ccc2cc(OCc3ccccc3)ccc21.O=C(O)C(=O)O. The van der Waals surface area contributed by atoms with Crippen molar-refractivity contribution in [3.63, 3.8) is 0 Å². The Bertz CT molecular complexity index is 1410. The van der Waals surface area contributed by atoms with Crippen molar-refractivity contribution < 1.29 is 29.3 Å². The maximum Gasteiger partial charge on any atom is 0.414 e. The van der Waals surface area contributed by atoms with E-state index in [0.717, 1.165) is 27.8 Å². The molecule has 9 nitrogen and oxygen atoms in total. The number of benzene rings is 2. The monoisotopic (exact) mass is 503 g/mol. The van der Waals surface area contributed by atoms with Crippen molar-refractivity contribution in [1.29, 1.82) is 0 Å². The van der Waals surface area contributed by atoms with E-state index in [-0.39, 0.29) is 11.3 Å². The molecule has 1 atom stereocenters. The number of hydrogen-bond acceptors (Lipinski definition) is 7. The van der Waals surface area contributed by atoms with Gasteiger partial charge in [0, 0.05) is 34.9 Å². The number of carboxylic acid groups (broad SMARTS) is 2. The summed E-state index contributed by atoms with van der Waals surface area (Å²) in [6.45, 7) is 0.510. The third kappa shape index (κ3) is 5.91. The van der Waals surface area contributed by atoms with E-state index in [1.54, 1.807) is 28.7 Å². The van der Waals surface area contributed by atoms with Crippen molar-refractivity contribution >= 4 is 40.5 Å². The van der Waals surface area contributed by atoms with Gasteiger partial charge in [-0.1, -0.05) is 36.4 Å². The quantitative estimate of drug-likeness (QED) is 0.341. The van der Waals surface area contributed by atoms with Crippen LogP contribution in [0.3, 0.4) is 0 Å². The molecule has 1 aliphatic rings. The highest BCUT2D eigenvalue weighted by Gasteiger charge is 2.24. The Hall–Kier alpha value is -4.57. The Morgan fingerprint density at radius 3 is 2.47 bits per heavy atom. The standard InChI is InChI=1S/C24H19N3O2S.C2H2O4/c28-24(21-16-30-23(26-21)19-7-4-11-25-14-19)27-12-10-18-13-20(8-9-22(18)27)29-15-17-5-2-1-3-6-17;3-1(4)2(5)6/h1-14,16,23,26H,15H2;(H,3,4)(H,5,6). The summed E-state index contributed by atoms with van der Waals surface area (Å²) in [6, 6.07) is 21.7. The van der Waals surface area contributed by atoms with E-state index in [9.17, 15) is 4.79 Å². The van der Waals surface area contributed by atoms with E-state index in [1.807, 2.05) is 78.3 Å². The minimum absolute atomic E-state index is 0.00235. The lowest BCUT2D eigenvalue weighted by Gasteiger charge is -2.13. The number of hydrogen-bond donors (Lipinski definition) is 3. The third-order valence-electron chi connectivity index (χ3n) is 5.14. The first-order chi connectivity index (χ1) is 17.4. The lowest BCUT2D eigenvalue weighted by atomic mass is 10.2. The zero-order chi connectivity index (χ0) is 25.5. The molecule has 0 saturated heterocycles. The molecule has 36 heavy (non-hydrogen) atoms. The van der Waals surface area contributed by atoms with E-state index in [0.29, 0.717) is 12.3 Å². The summed E-state index contributed by atoms with van der Waals surface area (Å²) < 4.78 is 7.57. The Balaban J connectivity index is 0.000000455. The highest BCUT2D eigenvalue weighted by molar-refractivity contribution is 8.02. The molecule has 3 heterocycles. The van der Waals surface area contributed by atoms with E-state index in [1.165, 1.54) is 0 Å². The number of aromatic nitrogens is 2. The van der Waals surface area contributed by atoms with Gasteiger partial charge in [-0.05, 0) is 35.9 Å². The molecule has 2 aromatic carbocycles. The van der Waals surface area contributed by atoms with Gasteiger partial charge in [-0.2, -0.15) is 0 Å². The summed E-state index contributed by atoms with van der Waals surface area (Å²) in [7, 11) is 0. The van der Waals surface area contributed by atoms with Crippen LogP contribution in [0.5, 0.6) is 5.75 Å². The number of pyridine rings is 1. The smallest absolute Gasteiger partial charge is 0.414 e. The first-order valence-electron chi connectivity index (χ1n) is 10.7. The molecule has 5 rings (SSSR count). The molecule has 0 spiro atoms. The average Bonchev–Trinajstić information content (AvgIpc) is 3.56. The molecule has 182 valence electrons. The maximum atomic E-state index is 13.1. The topological polar surface area (TPSA) is 131 Å². The summed E-state index contributed by atoms with van der Waals surface area (Å²) >= 11 is 1.57. The molecule has 1 aliphatic heterocycles. The lowest BCUT2D eigenvalue weighted by Crippen LogP contribution is -2.23. The van der Waals surface area contributed by atoms with Crippen LogP contribution < -0.4 is 10.1 Å². The summed E-state index contributed by atoms with van der Waals surface area (Å²) in [5.41, 5.74) is 3.59. The Morgan fingerprint density at radius 1 is 1.00 bits per heavy atom. The summed E-state index contributed by atoms with van der Waals surface area (Å²) in [5, 5.41) is 20.9. The highest BCUT2D eigenvalue weighted by atomic mass is 32.2. The average molecular weight is 504 g/mol. The number of carbonyl (C=O) groups excluding carboxylic acids is 1. The molecule has 0 fully saturated rings. The van der Waals surface area contributed by atoms with Crippen LogP contribution in [0.2, 0.25) is 0 Å². The zero-order valence-electron chi connectivity index (χ0n) is 18.8. The third-order valence-corrected chi connectivity index (χ3v) is 6.17. The van der Waals surface area contributed by atoms with E-state index in [4.69, 9.17) is 24.5 Å². The largest absolute Gasteiger partial charge is 0.489 e. The van der Waals surface area contributed by atoms with Gasteiger partial charge in [0.25, 0.3) is 5.91 Å². The predicted molar refractivity (Wildman–Crippen MR) is 134 cm³/mol. The predicted octanol–water partition coefficient (Wildman–Crippen LogP) is 4.29. The number of aliphatic carboxylic acids is 2. The number of nitrogens with one attached hydrogen (secondary N) is 1. The van der Waals surface area contributed by atoms with Gasteiger partial charge in [0.2, 0.25) is 0 Å². The van der Waals surface area contributed by atoms with Crippen LogP contribution in [0.1, 0.15) is 21.3 Å². The maximum absolute atomic E-state index is 13.1.